The molecule has 0 spiro atoms. The number of hydrogen-bond donors (Lipinski definition) is 3. The van der Waals surface area contributed by atoms with E-state index in [9.17, 15) is 9.59 Å². The third-order valence-electron chi connectivity index (χ3n) is 4.58. The molecular formula is C22H27N5O4. The summed E-state index contributed by atoms with van der Waals surface area (Å²) in [5.74, 6) is -0.666. The average Bonchev–Trinajstić information content (AvgIpc) is 2.79. The fourth-order valence-electron chi connectivity index (χ4n) is 3.00. The molecule has 2 amide bonds. The van der Waals surface area contributed by atoms with E-state index in [-0.39, 0.29) is 30.7 Å². The number of oxime groups is 1. The van der Waals surface area contributed by atoms with E-state index in [0.717, 1.165) is 24.3 Å². The Labute approximate surface area is 181 Å². The molecule has 0 aromatic heterocycles. The van der Waals surface area contributed by atoms with Crippen molar-refractivity contribution in [3.63, 3.8) is 0 Å². The molecule has 1 heterocycles. The Hall–Kier alpha value is -3.59. The molecule has 1 aliphatic heterocycles. The van der Waals surface area contributed by atoms with E-state index in [1.807, 2.05) is 54.6 Å². The highest BCUT2D eigenvalue weighted by atomic mass is 16.6. The van der Waals surface area contributed by atoms with Crippen molar-refractivity contribution in [1.29, 1.82) is 0 Å². The van der Waals surface area contributed by atoms with Gasteiger partial charge in [-0.25, -0.2) is 0 Å². The Balaban J connectivity index is 1.36. The first-order chi connectivity index (χ1) is 15.1. The van der Waals surface area contributed by atoms with Gasteiger partial charge in [0, 0.05) is 31.0 Å². The number of carbonyl (C=O) groups is 2. The maximum Gasteiger partial charge on any atom is 0.261 e. The van der Waals surface area contributed by atoms with Crippen molar-refractivity contribution in [2.24, 2.45) is 10.9 Å². The van der Waals surface area contributed by atoms with E-state index in [0.29, 0.717) is 25.4 Å². The lowest BCUT2D eigenvalue weighted by Crippen LogP contribution is -2.36. The monoisotopic (exact) mass is 425 g/mol. The SMILES string of the molecule is N/C(CC(=O)Nc1ccc(N2CCOCC2)cc1)=N/OCC(=O)NCc1ccccc1. The molecule has 9 nitrogen and oxygen atoms in total. The zero-order valence-electron chi connectivity index (χ0n) is 17.3. The first-order valence-electron chi connectivity index (χ1n) is 10.1. The second-order valence-electron chi connectivity index (χ2n) is 6.99. The van der Waals surface area contributed by atoms with Gasteiger partial charge in [0.2, 0.25) is 5.91 Å². The molecule has 1 fully saturated rings. The number of morpholine rings is 1. The number of benzene rings is 2. The van der Waals surface area contributed by atoms with E-state index in [2.05, 4.69) is 20.7 Å². The van der Waals surface area contributed by atoms with Crippen LogP contribution in [0.1, 0.15) is 12.0 Å². The largest absolute Gasteiger partial charge is 0.384 e. The van der Waals surface area contributed by atoms with Gasteiger partial charge < -0.3 is 30.8 Å². The summed E-state index contributed by atoms with van der Waals surface area (Å²) in [6, 6.07) is 17.1. The Kier molecular flexibility index (Phi) is 8.24. The summed E-state index contributed by atoms with van der Waals surface area (Å²) in [5, 5.41) is 9.10. The zero-order valence-corrected chi connectivity index (χ0v) is 17.3. The molecule has 4 N–H and O–H groups in total. The van der Waals surface area contributed by atoms with Crippen molar-refractivity contribution in [3.05, 3.63) is 60.2 Å². The number of nitrogens with one attached hydrogen (secondary N) is 2. The number of ether oxygens (including phenoxy) is 1. The number of anilines is 2. The molecule has 2 aromatic rings. The van der Waals surface area contributed by atoms with E-state index in [1.165, 1.54) is 0 Å². The fraction of sp³-hybridized carbons (Fsp3) is 0.318. The minimum atomic E-state index is -0.329. The molecule has 0 bridgehead atoms. The standard InChI is InChI=1S/C22H27N5O4/c23-20(26-31-16-22(29)24-15-17-4-2-1-3-5-17)14-21(28)25-18-6-8-19(9-7-18)27-10-12-30-13-11-27/h1-9H,10-16H2,(H2,23,26)(H,24,29)(H,25,28). The van der Waals surface area contributed by atoms with Gasteiger partial charge in [0.15, 0.2) is 6.61 Å². The van der Waals surface area contributed by atoms with Crippen LogP contribution >= 0.6 is 0 Å². The van der Waals surface area contributed by atoms with Gasteiger partial charge in [-0.05, 0) is 29.8 Å². The predicted octanol–water partition coefficient (Wildman–Crippen LogP) is 1.46. The van der Waals surface area contributed by atoms with Gasteiger partial charge in [0.25, 0.3) is 5.91 Å². The lowest BCUT2D eigenvalue weighted by Gasteiger charge is -2.28. The van der Waals surface area contributed by atoms with Crippen molar-refractivity contribution >= 4 is 29.0 Å². The van der Waals surface area contributed by atoms with Crippen LogP contribution in [0, 0.1) is 0 Å². The third kappa shape index (κ3) is 7.63. The van der Waals surface area contributed by atoms with Gasteiger partial charge in [0.1, 0.15) is 5.84 Å². The number of hydrogen-bond acceptors (Lipinski definition) is 6. The van der Waals surface area contributed by atoms with Crippen molar-refractivity contribution in [1.82, 2.24) is 5.32 Å². The molecule has 31 heavy (non-hydrogen) atoms. The highest BCUT2D eigenvalue weighted by Gasteiger charge is 2.11. The van der Waals surface area contributed by atoms with E-state index >= 15 is 0 Å². The second-order valence-corrected chi connectivity index (χ2v) is 6.99. The van der Waals surface area contributed by atoms with Crippen LogP contribution in [0.3, 0.4) is 0 Å². The van der Waals surface area contributed by atoms with Crippen LogP contribution in [-0.4, -0.2) is 50.6 Å². The minimum absolute atomic E-state index is 0.0155. The zero-order chi connectivity index (χ0) is 21.9. The second kappa shape index (κ2) is 11.6. The van der Waals surface area contributed by atoms with E-state index < -0.39 is 0 Å². The predicted molar refractivity (Wildman–Crippen MR) is 119 cm³/mol. The number of carbonyl (C=O) groups excluding carboxylic acids is 2. The highest BCUT2D eigenvalue weighted by Crippen LogP contribution is 2.19. The smallest absolute Gasteiger partial charge is 0.261 e. The molecule has 164 valence electrons. The van der Waals surface area contributed by atoms with Gasteiger partial charge in [-0.15, -0.1) is 0 Å². The number of amides is 2. The third-order valence-corrected chi connectivity index (χ3v) is 4.58. The Morgan fingerprint density at radius 2 is 1.74 bits per heavy atom. The first kappa shape index (κ1) is 22.1. The molecule has 0 saturated carbocycles. The summed E-state index contributed by atoms with van der Waals surface area (Å²) >= 11 is 0. The molecular weight excluding hydrogens is 398 g/mol. The van der Waals surface area contributed by atoms with Gasteiger partial charge in [0.05, 0.1) is 19.6 Å². The average molecular weight is 425 g/mol. The number of amidine groups is 1. The molecule has 0 radical (unpaired) electrons. The number of rotatable bonds is 9. The molecule has 0 atom stereocenters. The van der Waals surface area contributed by atoms with Crippen LogP contribution in [-0.2, 0) is 25.7 Å². The van der Waals surface area contributed by atoms with Gasteiger partial charge in [-0.1, -0.05) is 35.5 Å². The van der Waals surface area contributed by atoms with Crippen LogP contribution in [0.5, 0.6) is 0 Å². The molecule has 1 saturated heterocycles. The van der Waals surface area contributed by atoms with Gasteiger partial charge in [-0.2, -0.15) is 0 Å². The first-order valence-corrected chi connectivity index (χ1v) is 10.1. The fourth-order valence-corrected chi connectivity index (χ4v) is 3.00. The maximum atomic E-state index is 12.1. The number of nitrogens with zero attached hydrogens (tertiary/aromatic N) is 2. The molecule has 0 unspecified atom stereocenters. The molecule has 3 rings (SSSR count). The number of nitrogens with two attached hydrogens (primary N) is 1. The summed E-state index contributed by atoms with van der Waals surface area (Å²) in [6.45, 7) is 3.25. The van der Waals surface area contributed by atoms with Crippen molar-refractivity contribution < 1.29 is 19.2 Å². The van der Waals surface area contributed by atoms with Crippen molar-refractivity contribution in [2.75, 3.05) is 43.1 Å². The lowest BCUT2D eigenvalue weighted by atomic mass is 10.2. The summed E-state index contributed by atoms with van der Waals surface area (Å²) < 4.78 is 5.35. The molecule has 1 aliphatic rings. The Morgan fingerprint density at radius 1 is 1.03 bits per heavy atom. The van der Waals surface area contributed by atoms with Crippen LogP contribution in [0.15, 0.2) is 59.8 Å². The Bertz CT molecular complexity index is 881. The van der Waals surface area contributed by atoms with Crippen LogP contribution in [0.2, 0.25) is 0 Å². The van der Waals surface area contributed by atoms with Crippen molar-refractivity contribution in [2.45, 2.75) is 13.0 Å². The maximum absolute atomic E-state index is 12.1. The minimum Gasteiger partial charge on any atom is -0.384 e. The normalized spacial score (nSPS) is 14.1. The van der Waals surface area contributed by atoms with E-state index in [4.69, 9.17) is 15.3 Å². The molecule has 0 aliphatic carbocycles. The molecule has 9 heteroatoms. The van der Waals surface area contributed by atoms with Gasteiger partial charge >= 0.3 is 0 Å². The highest BCUT2D eigenvalue weighted by molar-refractivity contribution is 6.04. The van der Waals surface area contributed by atoms with Gasteiger partial charge in [-0.3, -0.25) is 9.59 Å². The summed E-state index contributed by atoms with van der Waals surface area (Å²) in [7, 11) is 0. The summed E-state index contributed by atoms with van der Waals surface area (Å²) in [5.41, 5.74) is 8.44. The summed E-state index contributed by atoms with van der Waals surface area (Å²) in [6.07, 6.45) is -0.142. The van der Waals surface area contributed by atoms with Crippen LogP contribution < -0.4 is 21.3 Å². The quantitative estimate of drug-likeness (QED) is 0.318. The lowest BCUT2D eigenvalue weighted by molar-refractivity contribution is -0.125. The van der Waals surface area contributed by atoms with Crippen LogP contribution in [0.25, 0.3) is 0 Å². The van der Waals surface area contributed by atoms with E-state index in [1.54, 1.807) is 0 Å². The topological polar surface area (TPSA) is 118 Å². The van der Waals surface area contributed by atoms with Crippen LogP contribution in [0.4, 0.5) is 11.4 Å². The summed E-state index contributed by atoms with van der Waals surface area (Å²) in [4.78, 5) is 31.1. The Morgan fingerprint density at radius 3 is 2.45 bits per heavy atom. The van der Waals surface area contributed by atoms with Crippen molar-refractivity contribution in [3.8, 4) is 0 Å². The molecule has 2 aromatic carbocycles.